The summed E-state index contributed by atoms with van der Waals surface area (Å²) in [6.45, 7) is 1.79. The number of rotatable bonds is 4. The summed E-state index contributed by atoms with van der Waals surface area (Å²) in [5.41, 5.74) is 0.848. The summed E-state index contributed by atoms with van der Waals surface area (Å²) < 4.78 is 2.10. The predicted molar refractivity (Wildman–Crippen MR) is 91.7 cm³/mol. The molecule has 4 rings (SSSR count). The van der Waals surface area contributed by atoms with Crippen LogP contribution in [0.1, 0.15) is 24.5 Å². The van der Waals surface area contributed by atoms with E-state index in [-0.39, 0.29) is 24.2 Å². The number of aromatic nitrogens is 3. The molecule has 2 amide bonds. The molecule has 0 unspecified atom stereocenters. The van der Waals surface area contributed by atoms with E-state index in [9.17, 15) is 9.59 Å². The predicted octanol–water partition coefficient (Wildman–Crippen LogP) is 1.24. The van der Waals surface area contributed by atoms with Crippen LogP contribution in [0.25, 0.3) is 0 Å². The molecule has 25 heavy (non-hydrogen) atoms. The van der Waals surface area contributed by atoms with Crippen molar-refractivity contribution in [1.82, 2.24) is 19.7 Å². The molecule has 0 bridgehead atoms. The largest absolute Gasteiger partial charge is 0.338 e. The van der Waals surface area contributed by atoms with E-state index in [1.54, 1.807) is 16.8 Å². The molecule has 1 atom stereocenters. The monoisotopic (exact) mass is 339 g/mol. The van der Waals surface area contributed by atoms with E-state index in [0.717, 1.165) is 36.7 Å². The Labute approximate surface area is 146 Å². The summed E-state index contributed by atoms with van der Waals surface area (Å²) >= 11 is 0. The molecule has 1 aromatic carbocycles. The summed E-state index contributed by atoms with van der Waals surface area (Å²) in [6, 6.07) is 9.50. The fourth-order valence-corrected chi connectivity index (χ4v) is 3.66. The number of amides is 2. The fourth-order valence-electron chi connectivity index (χ4n) is 3.66. The number of anilines is 1. The average molecular weight is 339 g/mol. The van der Waals surface area contributed by atoms with Gasteiger partial charge in [-0.05, 0) is 18.6 Å². The summed E-state index contributed by atoms with van der Waals surface area (Å²) in [7, 11) is 1.77. The smallest absolute Gasteiger partial charge is 0.228 e. The summed E-state index contributed by atoms with van der Waals surface area (Å²) in [5, 5.41) is 8.39. The molecular weight excluding hydrogens is 318 g/mol. The zero-order chi connectivity index (χ0) is 17.4. The Morgan fingerprint density at radius 1 is 1.28 bits per heavy atom. The lowest BCUT2D eigenvalue weighted by Gasteiger charge is -2.21. The van der Waals surface area contributed by atoms with Gasteiger partial charge in [-0.2, -0.15) is 0 Å². The van der Waals surface area contributed by atoms with Crippen LogP contribution in [0, 0.1) is 5.92 Å². The van der Waals surface area contributed by atoms with Gasteiger partial charge in [-0.15, -0.1) is 10.2 Å². The van der Waals surface area contributed by atoms with E-state index in [0.29, 0.717) is 13.1 Å². The summed E-state index contributed by atoms with van der Waals surface area (Å²) in [6.07, 6.45) is 2.29. The first-order valence-electron chi connectivity index (χ1n) is 8.65. The van der Waals surface area contributed by atoms with Gasteiger partial charge in [-0.3, -0.25) is 9.59 Å². The van der Waals surface area contributed by atoms with Gasteiger partial charge in [0.2, 0.25) is 11.8 Å². The molecule has 0 N–H and O–H groups in total. The second kappa shape index (κ2) is 6.31. The zero-order valence-electron chi connectivity index (χ0n) is 14.3. The Hall–Kier alpha value is -2.70. The Balaban J connectivity index is 1.43. The van der Waals surface area contributed by atoms with Crippen LogP contribution >= 0.6 is 0 Å². The van der Waals surface area contributed by atoms with Crippen molar-refractivity contribution in [2.24, 2.45) is 5.92 Å². The van der Waals surface area contributed by atoms with Crippen LogP contribution in [0.2, 0.25) is 0 Å². The minimum atomic E-state index is -0.307. The third kappa shape index (κ3) is 2.90. The number of fused-ring (bicyclic) bond motifs is 1. The second-order valence-electron chi connectivity index (χ2n) is 6.72. The first kappa shape index (κ1) is 15.8. The van der Waals surface area contributed by atoms with Crippen LogP contribution in [0.4, 0.5) is 5.69 Å². The zero-order valence-corrected chi connectivity index (χ0v) is 14.3. The minimum Gasteiger partial charge on any atom is -0.338 e. The molecular formula is C18H21N5O2. The van der Waals surface area contributed by atoms with E-state index in [1.165, 1.54) is 0 Å². The van der Waals surface area contributed by atoms with Crippen molar-refractivity contribution in [2.45, 2.75) is 32.4 Å². The lowest BCUT2D eigenvalue weighted by atomic mass is 10.1. The van der Waals surface area contributed by atoms with Gasteiger partial charge in [-0.1, -0.05) is 18.2 Å². The molecule has 0 aliphatic carbocycles. The van der Waals surface area contributed by atoms with Gasteiger partial charge < -0.3 is 14.4 Å². The van der Waals surface area contributed by atoms with Crippen molar-refractivity contribution in [3.8, 4) is 0 Å². The molecule has 130 valence electrons. The number of nitrogens with zero attached hydrogens (tertiary/aromatic N) is 5. The minimum absolute atomic E-state index is 0.00122. The molecule has 1 fully saturated rings. The van der Waals surface area contributed by atoms with E-state index in [1.807, 2.05) is 30.3 Å². The van der Waals surface area contributed by atoms with Gasteiger partial charge in [0, 0.05) is 38.7 Å². The Kier molecular flexibility index (Phi) is 3.99. The van der Waals surface area contributed by atoms with Gasteiger partial charge in [0.05, 0.1) is 12.5 Å². The van der Waals surface area contributed by atoms with Crippen molar-refractivity contribution in [2.75, 3.05) is 18.5 Å². The highest BCUT2D eigenvalue weighted by Crippen LogP contribution is 2.26. The van der Waals surface area contributed by atoms with Crippen LogP contribution in [-0.4, -0.2) is 45.1 Å². The van der Waals surface area contributed by atoms with Crippen LogP contribution in [-0.2, 0) is 29.1 Å². The van der Waals surface area contributed by atoms with Gasteiger partial charge in [0.1, 0.15) is 5.82 Å². The quantitative estimate of drug-likeness (QED) is 0.840. The highest BCUT2D eigenvalue weighted by atomic mass is 16.2. The molecule has 1 saturated heterocycles. The topological polar surface area (TPSA) is 71.3 Å². The van der Waals surface area contributed by atoms with E-state index in [2.05, 4.69) is 14.8 Å². The molecule has 2 aromatic rings. The molecule has 7 nitrogen and oxygen atoms in total. The Morgan fingerprint density at radius 2 is 2.08 bits per heavy atom. The Morgan fingerprint density at radius 3 is 2.88 bits per heavy atom. The first-order chi connectivity index (χ1) is 12.1. The number of carbonyl (C=O) groups excluding carboxylic acids is 2. The summed E-state index contributed by atoms with van der Waals surface area (Å²) in [5.74, 6) is 1.51. The molecule has 0 spiro atoms. The van der Waals surface area contributed by atoms with Crippen LogP contribution < -0.4 is 4.90 Å². The number of hydrogen-bond donors (Lipinski definition) is 0. The summed E-state index contributed by atoms with van der Waals surface area (Å²) in [4.78, 5) is 28.5. The second-order valence-corrected chi connectivity index (χ2v) is 6.72. The normalized spacial score (nSPS) is 19.3. The molecule has 1 aromatic heterocycles. The maximum Gasteiger partial charge on any atom is 0.228 e. The fraction of sp³-hybridized carbons (Fsp3) is 0.444. The van der Waals surface area contributed by atoms with E-state index < -0.39 is 0 Å². The van der Waals surface area contributed by atoms with Gasteiger partial charge in [0.15, 0.2) is 5.82 Å². The van der Waals surface area contributed by atoms with Gasteiger partial charge in [0.25, 0.3) is 0 Å². The van der Waals surface area contributed by atoms with E-state index in [4.69, 9.17) is 0 Å². The standard InChI is InChI=1S/C18H21N5O2/c1-21(12-16-20-19-15-8-5-9-22(15)16)18(25)13-10-17(24)23(11-13)14-6-3-2-4-7-14/h2-4,6-7,13H,5,8-12H2,1H3/t13-/m0/s1. The van der Waals surface area contributed by atoms with Crippen LogP contribution in [0.5, 0.6) is 0 Å². The van der Waals surface area contributed by atoms with Gasteiger partial charge in [-0.25, -0.2) is 0 Å². The highest BCUT2D eigenvalue weighted by Gasteiger charge is 2.36. The maximum atomic E-state index is 12.8. The van der Waals surface area contributed by atoms with Crippen molar-refractivity contribution >= 4 is 17.5 Å². The van der Waals surface area contributed by atoms with Crippen molar-refractivity contribution in [3.05, 3.63) is 42.0 Å². The SMILES string of the molecule is CN(Cc1nnc2n1CCC2)C(=O)[C@H]1CC(=O)N(c2ccccc2)C1. The molecule has 3 heterocycles. The number of hydrogen-bond acceptors (Lipinski definition) is 4. The first-order valence-corrected chi connectivity index (χ1v) is 8.65. The molecule has 0 saturated carbocycles. The van der Waals surface area contributed by atoms with Crippen molar-refractivity contribution in [3.63, 3.8) is 0 Å². The van der Waals surface area contributed by atoms with Crippen molar-refractivity contribution in [1.29, 1.82) is 0 Å². The molecule has 0 radical (unpaired) electrons. The maximum absolute atomic E-state index is 12.8. The third-order valence-electron chi connectivity index (χ3n) is 4.98. The average Bonchev–Trinajstić information content (AvgIpc) is 3.32. The number of aryl methyl sites for hydroxylation is 1. The molecule has 2 aliphatic rings. The van der Waals surface area contributed by atoms with Crippen LogP contribution in [0.15, 0.2) is 30.3 Å². The van der Waals surface area contributed by atoms with Gasteiger partial charge >= 0.3 is 0 Å². The molecule has 7 heteroatoms. The van der Waals surface area contributed by atoms with Crippen LogP contribution in [0.3, 0.4) is 0 Å². The number of benzene rings is 1. The molecule has 2 aliphatic heterocycles. The van der Waals surface area contributed by atoms with E-state index >= 15 is 0 Å². The van der Waals surface area contributed by atoms with Crippen molar-refractivity contribution < 1.29 is 9.59 Å². The Bertz CT molecular complexity index is 801. The lowest BCUT2D eigenvalue weighted by Crippen LogP contribution is -2.35. The number of para-hydroxylation sites is 1. The highest BCUT2D eigenvalue weighted by molar-refractivity contribution is 6.00. The third-order valence-corrected chi connectivity index (χ3v) is 4.98. The lowest BCUT2D eigenvalue weighted by molar-refractivity contribution is -0.135. The number of carbonyl (C=O) groups is 2.